The second-order valence-electron chi connectivity index (χ2n) is 3.91. The van der Waals surface area contributed by atoms with Crippen LogP contribution in [-0.4, -0.2) is 26.5 Å². The van der Waals surface area contributed by atoms with E-state index in [1.165, 1.54) is 4.88 Å². The van der Waals surface area contributed by atoms with Crippen LogP contribution in [0.15, 0.2) is 16.6 Å². The third kappa shape index (κ3) is 3.60. The average molecular weight is 293 g/mol. The van der Waals surface area contributed by atoms with Crippen molar-refractivity contribution in [1.82, 2.24) is 14.8 Å². The molecule has 0 atom stereocenters. The second-order valence-corrected chi connectivity index (χ2v) is 5.85. The quantitative estimate of drug-likeness (QED) is 0.693. The van der Waals surface area contributed by atoms with E-state index >= 15 is 0 Å². The summed E-state index contributed by atoms with van der Waals surface area (Å²) in [6.45, 7) is 2.05. The lowest BCUT2D eigenvalue weighted by atomic mass is 10.2. The van der Waals surface area contributed by atoms with Crippen LogP contribution in [0.5, 0.6) is 0 Å². The first-order valence-electron chi connectivity index (χ1n) is 5.87. The molecule has 0 saturated heterocycles. The summed E-state index contributed by atoms with van der Waals surface area (Å²) in [5, 5.41) is 19.9. The summed E-state index contributed by atoms with van der Waals surface area (Å²) in [7, 11) is 1.97. The number of hydrogen-bond donors (Lipinski definition) is 1. The van der Waals surface area contributed by atoms with Crippen molar-refractivity contribution in [2.75, 3.05) is 6.61 Å². The van der Waals surface area contributed by atoms with Crippen molar-refractivity contribution in [2.45, 2.75) is 24.3 Å². The normalized spacial score (nSPS) is 10.3. The highest BCUT2D eigenvalue weighted by atomic mass is 32.2. The van der Waals surface area contributed by atoms with Crippen molar-refractivity contribution in [2.24, 2.45) is 7.05 Å². The van der Waals surface area contributed by atoms with Gasteiger partial charge >= 0.3 is 0 Å². The number of aromatic nitrogens is 3. The van der Waals surface area contributed by atoms with Crippen molar-refractivity contribution < 1.29 is 5.11 Å². The molecule has 0 radical (unpaired) electrons. The lowest BCUT2D eigenvalue weighted by molar-refractivity contribution is 0.305. The molecule has 100 valence electrons. The Morgan fingerprint density at radius 2 is 2.32 bits per heavy atom. The average Bonchev–Trinajstić information content (AvgIpc) is 2.97. The summed E-state index contributed by atoms with van der Waals surface area (Å²) in [4.78, 5) is 1.23. The number of thiophene rings is 1. The molecule has 0 fully saturated rings. The Morgan fingerprint density at radius 3 is 3.00 bits per heavy atom. The van der Waals surface area contributed by atoms with Gasteiger partial charge < -0.3 is 9.67 Å². The molecule has 2 rings (SSSR count). The summed E-state index contributed by atoms with van der Waals surface area (Å²) in [5.74, 6) is 7.80. The molecule has 4 nitrogen and oxygen atoms in total. The van der Waals surface area contributed by atoms with Crippen LogP contribution < -0.4 is 0 Å². The fourth-order valence-electron chi connectivity index (χ4n) is 1.42. The Morgan fingerprint density at radius 1 is 1.47 bits per heavy atom. The van der Waals surface area contributed by atoms with E-state index in [1.807, 2.05) is 30.0 Å². The van der Waals surface area contributed by atoms with Gasteiger partial charge in [0, 0.05) is 29.7 Å². The standard InChI is InChI=1S/C13H15N3OS2/c1-10-14-15-13(16(10)2)19-9-12-11(6-8-18-12)5-3-4-7-17/h6,8,17H,4,7,9H2,1-2H3. The van der Waals surface area contributed by atoms with Crippen molar-refractivity contribution in [3.05, 3.63) is 27.7 Å². The van der Waals surface area contributed by atoms with E-state index < -0.39 is 0 Å². The molecule has 2 aromatic heterocycles. The van der Waals surface area contributed by atoms with E-state index in [2.05, 4.69) is 22.0 Å². The SMILES string of the molecule is Cc1nnc(SCc2sccc2C#CCCO)n1C. The number of aliphatic hydroxyl groups excluding tert-OH is 1. The highest BCUT2D eigenvalue weighted by Crippen LogP contribution is 2.26. The lowest BCUT2D eigenvalue weighted by Gasteiger charge is -2.00. The zero-order chi connectivity index (χ0) is 13.7. The van der Waals surface area contributed by atoms with E-state index in [9.17, 15) is 0 Å². The lowest BCUT2D eigenvalue weighted by Crippen LogP contribution is -1.93. The number of thioether (sulfide) groups is 1. The van der Waals surface area contributed by atoms with Gasteiger partial charge in [-0.05, 0) is 18.4 Å². The first kappa shape index (κ1) is 14.1. The van der Waals surface area contributed by atoms with E-state index in [1.54, 1.807) is 23.1 Å². The molecule has 2 aromatic rings. The number of hydrogen-bond acceptors (Lipinski definition) is 5. The summed E-state index contributed by atoms with van der Waals surface area (Å²) in [6.07, 6.45) is 0.519. The van der Waals surface area contributed by atoms with Gasteiger partial charge in [0.2, 0.25) is 0 Å². The van der Waals surface area contributed by atoms with Crippen LogP contribution in [0.3, 0.4) is 0 Å². The Bertz CT molecular complexity index is 607. The van der Waals surface area contributed by atoms with Gasteiger partial charge in [0.1, 0.15) is 5.82 Å². The topological polar surface area (TPSA) is 50.9 Å². The number of rotatable bonds is 4. The molecular weight excluding hydrogens is 278 g/mol. The molecule has 6 heteroatoms. The van der Waals surface area contributed by atoms with Crippen LogP contribution in [0.1, 0.15) is 22.7 Å². The van der Waals surface area contributed by atoms with Crippen LogP contribution in [0.4, 0.5) is 0 Å². The molecule has 0 amide bonds. The Kier molecular flexibility index (Phi) is 5.02. The van der Waals surface area contributed by atoms with Gasteiger partial charge in [-0.3, -0.25) is 0 Å². The minimum atomic E-state index is 0.111. The largest absolute Gasteiger partial charge is 0.395 e. The molecule has 1 N–H and O–H groups in total. The smallest absolute Gasteiger partial charge is 0.191 e. The molecule has 0 aliphatic rings. The monoisotopic (exact) mass is 293 g/mol. The Labute approximate surface area is 120 Å². The number of nitrogens with zero attached hydrogens (tertiary/aromatic N) is 3. The van der Waals surface area contributed by atoms with Gasteiger partial charge in [-0.1, -0.05) is 23.6 Å². The third-order valence-corrected chi connectivity index (χ3v) is 4.74. The predicted molar refractivity (Wildman–Crippen MR) is 78.2 cm³/mol. The first-order chi connectivity index (χ1) is 9.22. The molecule has 0 aliphatic carbocycles. The molecule has 0 bridgehead atoms. The third-order valence-electron chi connectivity index (χ3n) is 2.59. The highest BCUT2D eigenvalue weighted by Gasteiger charge is 2.08. The molecule has 0 saturated carbocycles. The van der Waals surface area contributed by atoms with Crippen molar-refractivity contribution in [1.29, 1.82) is 0 Å². The maximum Gasteiger partial charge on any atom is 0.191 e. The van der Waals surface area contributed by atoms with E-state index in [0.29, 0.717) is 6.42 Å². The summed E-state index contributed by atoms with van der Waals surface area (Å²) in [5.41, 5.74) is 1.05. The summed E-state index contributed by atoms with van der Waals surface area (Å²) < 4.78 is 1.98. The van der Waals surface area contributed by atoms with Gasteiger partial charge in [0.05, 0.1) is 6.61 Å². The van der Waals surface area contributed by atoms with E-state index in [4.69, 9.17) is 5.11 Å². The van der Waals surface area contributed by atoms with Crippen LogP contribution in [0.2, 0.25) is 0 Å². The van der Waals surface area contributed by atoms with Crippen molar-refractivity contribution >= 4 is 23.1 Å². The van der Waals surface area contributed by atoms with E-state index in [-0.39, 0.29) is 6.61 Å². The molecule has 0 aromatic carbocycles. The predicted octanol–water partition coefficient (Wildman–Crippen LogP) is 2.21. The van der Waals surface area contributed by atoms with Gasteiger partial charge in [0.15, 0.2) is 5.16 Å². The second kappa shape index (κ2) is 6.75. The summed E-state index contributed by atoms with van der Waals surface area (Å²) in [6, 6.07) is 2.02. The number of aryl methyl sites for hydroxylation is 1. The maximum absolute atomic E-state index is 8.73. The van der Waals surface area contributed by atoms with Gasteiger partial charge in [0.25, 0.3) is 0 Å². The summed E-state index contributed by atoms with van der Waals surface area (Å²) >= 11 is 3.36. The molecule has 0 spiro atoms. The minimum Gasteiger partial charge on any atom is -0.395 e. The van der Waals surface area contributed by atoms with Gasteiger partial charge in [-0.2, -0.15) is 0 Å². The zero-order valence-electron chi connectivity index (χ0n) is 10.9. The maximum atomic E-state index is 8.73. The Hall–Kier alpha value is -1.29. The van der Waals surface area contributed by atoms with Crippen LogP contribution in [0.25, 0.3) is 0 Å². The van der Waals surface area contributed by atoms with Gasteiger partial charge in [-0.25, -0.2) is 0 Å². The van der Waals surface area contributed by atoms with Crippen molar-refractivity contribution in [3.63, 3.8) is 0 Å². The fraction of sp³-hybridized carbons (Fsp3) is 0.385. The first-order valence-corrected chi connectivity index (χ1v) is 7.73. The molecule has 0 unspecified atom stereocenters. The fourth-order valence-corrected chi connectivity index (χ4v) is 3.32. The van der Waals surface area contributed by atoms with Gasteiger partial charge in [-0.15, -0.1) is 21.5 Å². The van der Waals surface area contributed by atoms with Crippen LogP contribution >= 0.6 is 23.1 Å². The zero-order valence-corrected chi connectivity index (χ0v) is 12.5. The molecule has 0 aliphatic heterocycles. The van der Waals surface area contributed by atoms with E-state index in [0.717, 1.165) is 22.3 Å². The molecular formula is C13H15N3OS2. The minimum absolute atomic E-state index is 0.111. The van der Waals surface area contributed by atoms with Crippen LogP contribution in [-0.2, 0) is 12.8 Å². The van der Waals surface area contributed by atoms with Crippen LogP contribution in [0, 0.1) is 18.8 Å². The highest BCUT2D eigenvalue weighted by molar-refractivity contribution is 7.98. The van der Waals surface area contributed by atoms with Crippen molar-refractivity contribution in [3.8, 4) is 11.8 Å². The number of aliphatic hydroxyl groups is 1. The molecule has 19 heavy (non-hydrogen) atoms. The Balaban J connectivity index is 2.03. The molecule has 2 heterocycles.